The van der Waals surface area contributed by atoms with Crippen LogP contribution in [0.4, 0.5) is 0 Å². The molecule has 100 valence electrons. The smallest absolute Gasteiger partial charge is 0.255 e. The topological polar surface area (TPSA) is 51.2 Å². The largest absolute Gasteiger partial charge is 0.494 e. The van der Waals surface area contributed by atoms with E-state index in [2.05, 4.69) is 24.1 Å². The molecule has 0 aliphatic heterocycles. The van der Waals surface area contributed by atoms with Crippen LogP contribution >= 0.6 is 11.6 Å². The first kappa shape index (κ1) is 14.8. The van der Waals surface area contributed by atoms with Gasteiger partial charge in [-0.25, -0.2) is 0 Å². The Bertz CT molecular complexity index is 396. The van der Waals surface area contributed by atoms with Gasteiger partial charge in [-0.1, -0.05) is 13.8 Å². The molecule has 1 heterocycles. The molecule has 1 atom stereocenters. The molecule has 18 heavy (non-hydrogen) atoms. The number of carbonyl (C=O) groups is 1. The van der Waals surface area contributed by atoms with E-state index in [0.717, 1.165) is 6.42 Å². The number of nitrogens with one attached hydrogen (secondary N) is 1. The summed E-state index contributed by atoms with van der Waals surface area (Å²) in [5.74, 6) is 1.18. The van der Waals surface area contributed by atoms with Gasteiger partial charge in [0.1, 0.15) is 5.75 Å². The number of methoxy groups -OCH3 is 1. The maximum absolute atomic E-state index is 12.2. The summed E-state index contributed by atoms with van der Waals surface area (Å²) in [5, 5.41) is 2.98. The van der Waals surface area contributed by atoms with Crippen molar-refractivity contribution in [1.82, 2.24) is 10.3 Å². The van der Waals surface area contributed by atoms with Gasteiger partial charge in [0.2, 0.25) is 0 Å². The summed E-state index contributed by atoms with van der Waals surface area (Å²) >= 11 is 5.74. The minimum Gasteiger partial charge on any atom is -0.494 e. The maximum Gasteiger partial charge on any atom is 0.255 e. The average molecular weight is 271 g/mol. The van der Waals surface area contributed by atoms with Crippen LogP contribution in [0.2, 0.25) is 0 Å². The molecule has 0 aliphatic carbocycles. The minimum absolute atomic E-state index is 0.0628. The number of pyridine rings is 1. The van der Waals surface area contributed by atoms with E-state index >= 15 is 0 Å². The lowest BCUT2D eigenvalue weighted by molar-refractivity contribution is 0.0921. The van der Waals surface area contributed by atoms with Gasteiger partial charge in [0.25, 0.3) is 5.91 Å². The Labute approximate surface area is 113 Å². The third-order valence-corrected chi connectivity index (χ3v) is 3.01. The molecule has 0 bridgehead atoms. The fourth-order valence-corrected chi connectivity index (χ4v) is 1.90. The van der Waals surface area contributed by atoms with Gasteiger partial charge in [-0.2, -0.15) is 0 Å². The molecule has 1 rings (SSSR count). The van der Waals surface area contributed by atoms with Crippen molar-refractivity contribution >= 4 is 17.5 Å². The third-order valence-electron chi connectivity index (χ3n) is 2.79. The zero-order chi connectivity index (χ0) is 13.5. The minimum atomic E-state index is -0.155. The summed E-state index contributed by atoms with van der Waals surface area (Å²) in [6.45, 7) is 4.11. The molecule has 0 saturated carbocycles. The Morgan fingerprint density at radius 2 is 2.28 bits per heavy atom. The van der Waals surface area contributed by atoms with Gasteiger partial charge in [0.05, 0.1) is 18.9 Å². The predicted molar refractivity (Wildman–Crippen MR) is 72.2 cm³/mol. The summed E-state index contributed by atoms with van der Waals surface area (Å²) < 4.78 is 5.12. The second kappa shape index (κ2) is 7.21. The average Bonchev–Trinajstić information content (AvgIpc) is 2.37. The summed E-state index contributed by atoms with van der Waals surface area (Å²) in [6.07, 6.45) is 3.85. The van der Waals surface area contributed by atoms with Crippen LogP contribution in [0.15, 0.2) is 18.5 Å². The molecule has 0 saturated heterocycles. The van der Waals surface area contributed by atoms with Gasteiger partial charge < -0.3 is 10.1 Å². The van der Waals surface area contributed by atoms with E-state index < -0.39 is 0 Å². The fraction of sp³-hybridized carbons (Fsp3) is 0.538. The van der Waals surface area contributed by atoms with Crippen molar-refractivity contribution in [3.63, 3.8) is 0 Å². The van der Waals surface area contributed by atoms with E-state index in [-0.39, 0.29) is 11.9 Å². The van der Waals surface area contributed by atoms with Crippen molar-refractivity contribution in [1.29, 1.82) is 0 Å². The first-order chi connectivity index (χ1) is 8.60. The highest BCUT2D eigenvalue weighted by atomic mass is 35.5. The van der Waals surface area contributed by atoms with Crippen molar-refractivity contribution in [3.05, 3.63) is 24.0 Å². The van der Waals surface area contributed by atoms with Crippen LogP contribution in [0.5, 0.6) is 5.75 Å². The molecule has 1 N–H and O–H groups in total. The number of ether oxygens (including phenoxy) is 1. The Balaban J connectivity index is 2.80. The third kappa shape index (κ3) is 3.88. The highest BCUT2D eigenvalue weighted by molar-refractivity contribution is 6.17. The second-order valence-electron chi connectivity index (χ2n) is 4.38. The summed E-state index contributed by atoms with van der Waals surface area (Å²) in [6, 6.07) is 1.71. The fourth-order valence-electron chi connectivity index (χ4n) is 1.67. The number of carbonyl (C=O) groups excluding carboxylic acids is 1. The number of rotatable bonds is 6. The van der Waals surface area contributed by atoms with Gasteiger partial charge in [0, 0.05) is 18.1 Å². The quantitative estimate of drug-likeness (QED) is 0.808. The van der Waals surface area contributed by atoms with Crippen LogP contribution in [0, 0.1) is 5.92 Å². The number of alkyl halides is 1. The van der Waals surface area contributed by atoms with Crippen molar-refractivity contribution in [2.75, 3.05) is 13.0 Å². The molecule has 0 radical (unpaired) electrons. The van der Waals surface area contributed by atoms with E-state index in [4.69, 9.17) is 16.3 Å². The zero-order valence-corrected chi connectivity index (χ0v) is 11.7. The molecule has 1 aromatic heterocycles. The molecule has 0 aliphatic rings. The normalized spacial score (nSPS) is 12.3. The van der Waals surface area contributed by atoms with Gasteiger partial charge in [-0.15, -0.1) is 11.6 Å². The number of halogens is 1. The van der Waals surface area contributed by atoms with E-state index in [0.29, 0.717) is 23.1 Å². The Morgan fingerprint density at radius 3 is 2.83 bits per heavy atom. The van der Waals surface area contributed by atoms with Crippen molar-refractivity contribution in [2.45, 2.75) is 26.3 Å². The van der Waals surface area contributed by atoms with Crippen LogP contribution in [-0.4, -0.2) is 29.9 Å². The predicted octanol–water partition coefficient (Wildman–Crippen LogP) is 2.47. The summed E-state index contributed by atoms with van der Waals surface area (Å²) in [7, 11) is 1.52. The lowest BCUT2D eigenvalue weighted by atomic mass is 10.0. The summed E-state index contributed by atoms with van der Waals surface area (Å²) in [4.78, 5) is 16.1. The van der Waals surface area contributed by atoms with Crippen LogP contribution in [0.3, 0.4) is 0 Å². The second-order valence-corrected chi connectivity index (χ2v) is 4.76. The number of amides is 1. The standard InChI is InChI=1S/C13H19ClN2O2/c1-9(2)11(4-6-14)16-13(17)10-5-7-15-8-12(10)18-3/h5,7-9,11H,4,6H2,1-3H3,(H,16,17). The summed E-state index contributed by atoms with van der Waals surface area (Å²) in [5.41, 5.74) is 0.493. The van der Waals surface area contributed by atoms with Gasteiger partial charge in [0.15, 0.2) is 0 Å². The maximum atomic E-state index is 12.2. The highest BCUT2D eigenvalue weighted by Crippen LogP contribution is 2.16. The molecule has 1 aromatic rings. The monoisotopic (exact) mass is 270 g/mol. The number of aromatic nitrogens is 1. The number of hydrogen-bond acceptors (Lipinski definition) is 3. The molecule has 0 aromatic carbocycles. The zero-order valence-electron chi connectivity index (χ0n) is 10.9. The Hall–Kier alpha value is -1.29. The van der Waals surface area contributed by atoms with Crippen molar-refractivity contribution in [2.24, 2.45) is 5.92 Å². The molecular formula is C13H19ClN2O2. The number of hydrogen-bond donors (Lipinski definition) is 1. The van der Waals surface area contributed by atoms with Gasteiger partial charge in [-0.05, 0) is 18.4 Å². The molecular weight excluding hydrogens is 252 g/mol. The highest BCUT2D eigenvalue weighted by Gasteiger charge is 2.18. The number of nitrogens with zero attached hydrogens (tertiary/aromatic N) is 1. The lowest BCUT2D eigenvalue weighted by Gasteiger charge is -2.21. The molecule has 0 fully saturated rings. The first-order valence-corrected chi connectivity index (χ1v) is 6.48. The van der Waals surface area contributed by atoms with E-state index in [1.165, 1.54) is 13.3 Å². The molecule has 0 spiro atoms. The van der Waals surface area contributed by atoms with Crippen LogP contribution in [0.25, 0.3) is 0 Å². The van der Waals surface area contributed by atoms with E-state index in [9.17, 15) is 4.79 Å². The molecule has 1 amide bonds. The van der Waals surface area contributed by atoms with Gasteiger partial charge in [-0.3, -0.25) is 9.78 Å². The molecule has 1 unspecified atom stereocenters. The van der Waals surface area contributed by atoms with E-state index in [1.54, 1.807) is 12.3 Å². The van der Waals surface area contributed by atoms with Crippen LogP contribution in [0.1, 0.15) is 30.6 Å². The van der Waals surface area contributed by atoms with Crippen LogP contribution in [-0.2, 0) is 0 Å². The van der Waals surface area contributed by atoms with Crippen molar-refractivity contribution < 1.29 is 9.53 Å². The van der Waals surface area contributed by atoms with Gasteiger partial charge >= 0.3 is 0 Å². The lowest BCUT2D eigenvalue weighted by Crippen LogP contribution is -2.39. The van der Waals surface area contributed by atoms with Crippen molar-refractivity contribution in [3.8, 4) is 5.75 Å². The SMILES string of the molecule is COc1cnccc1C(=O)NC(CCCl)C(C)C. The first-order valence-electron chi connectivity index (χ1n) is 5.95. The Kier molecular flexibility index (Phi) is 5.92. The molecule has 4 nitrogen and oxygen atoms in total. The Morgan fingerprint density at radius 1 is 1.56 bits per heavy atom. The van der Waals surface area contributed by atoms with Crippen LogP contribution < -0.4 is 10.1 Å². The van der Waals surface area contributed by atoms with E-state index in [1.807, 2.05) is 0 Å². The molecule has 5 heteroatoms.